The van der Waals surface area contributed by atoms with Crippen molar-refractivity contribution in [2.45, 2.75) is 19.9 Å². The Bertz CT molecular complexity index is 456. The molecular formula is C13H17N3O2. The fraction of sp³-hybridized carbons (Fsp3) is 0.385. The van der Waals surface area contributed by atoms with E-state index in [1.807, 2.05) is 12.1 Å². The van der Waals surface area contributed by atoms with Crippen molar-refractivity contribution in [2.75, 3.05) is 5.32 Å². The van der Waals surface area contributed by atoms with Gasteiger partial charge >= 0.3 is 6.03 Å². The Morgan fingerprint density at radius 1 is 1.33 bits per heavy atom. The van der Waals surface area contributed by atoms with Gasteiger partial charge in [-0.3, -0.25) is 4.79 Å². The normalized spacial score (nSPS) is 21.2. The number of nitrogens with one attached hydrogen (secondary N) is 2. The molecule has 2 atom stereocenters. The van der Waals surface area contributed by atoms with Crippen LogP contribution in [0.15, 0.2) is 24.3 Å². The number of rotatable bonds is 4. The van der Waals surface area contributed by atoms with Gasteiger partial charge in [-0.15, -0.1) is 0 Å². The zero-order chi connectivity index (χ0) is 13.1. The first-order valence-corrected chi connectivity index (χ1v) is 5.99. The van der Waals surface area contributed by atoms with Crippen molar-refractivity contribution in [1.82, 2.24) is 5.32 Å². The number of benzene rings is 1. The molecule has 1 aromatic carbocycles. The van der Waals surface area contributed by atoms with E-state index in [1.54, 1.807) is 12.1 Å². The molecule has 3 amide bonds. The van der Waals surface area contributed by atoms with E-state index in [4.69, 9.17) is 5.73 Å². The first kappa shape index (κ1) is 12.4. The molecule has 18 heavy (non-hydrogen) atoms. The van der Waals surface area contributed by atoms with Crippen LogP contribution in [0.5, 0.6) is 0 Å². The number of hydrogen-bond donors (Lipinski definition) is 3. The highest BCUT2D eigenvalue weighted by Crippen LogP contribution is 2.37. The zero-order valence-electron chi connectivity index (χ0n) is 10.3. The van der Waals surface area contributed by atoms with Crippen LogP contribution in [0.4, 0.5) is 10.5 Å². The maximum atomic E-state index is 11.6. The molecule has 1 fully saturated rings. The lowest BCUT2D eigenvalue weighted by molar-refractivity contribution is -0.122. The molecular weight excluding hydrogens is 230 g/mol. The first-order chi connectivity index (χ1) is 8.56. The third-order valence-electron chi connectivity index (χ3n) is 3.13. The maximum Gasteiger partial charge on any atom is 0.316 e. The fourth-order valence-corrected chi connectivity index (χ4v) is 1.86. The summed E-state index contributed by atoms with van der Waals surface area (Å²) in [5, 5.41) is 5.38. The number of carbonyl (C=O) groups excluding carboxylic acids is 2. The average molecular weight is 247 g/mol. The van der Waals surface area contributed by atoms with E-state index >= 15 is 0 Å². The van der Waals surface area contributed by atoms with Gasteiger partial charge in [0.15, 0.2) is 0 Å². The van der Waals surface area contributed by atoms with E-state index in [0.29, 0.717) is 18.2 Å². The minimum absolute atomic E-state index is 0.127. The van der Waals surface area contributed by atoms with Crippen molar-refractivity contribution in [3.8, 4) is 0 Å². The second-order valence-corrected chi connectivity index (χ2v) is 4.72. The highest BCUT2D eigenvalue weighted by Gasteiger charge is 2.38. The Morgan fingerprint density at radius 3 is 2.44 bits per heavy atom. The van der Waals surface area contributed by atoms with Crippen LogP contribution in [-0.4, -0.2) is 11.9 Å². The van der Waals surface area contributed by atoms with Crippen LogP contribution in [0.25, 0.3) is 0 Å². The average Bonchev–Trinajstić information content (AvgIpc) is 3.04. The molecule has 1 aromatic rings. The largest absolute Gasteiger partial charge is 0.352 e. The molecule has 0 heterocycles. The van der Waals surface area contributed by atoms with E-state index in [9.17, 15) is 9.59 Å². The van der Waals surface area contributed by atoms with Gasteiger partial charge in [-0.2, -0.15) is 0 Å². The molecule has 2 unspecified atom stereocenters. The molecule has 0 bridgehead atoms. The molecule has 4 N–H and O–H groups in total. The maximum absolute atomic E-state index is 11.6. The third-order valence-corrected chi connectivity index (χ3v) is 3.13. The lowest BCUT2D eigenvalue weighted by Crippen LogP contribution is -2.24. The van der Waals surface area contributed by atoms with Gasteiger partial charge in [-0.05, 0) is 30.0 Å². The number of amides is 3. The molecule has 1 saturated carbocycles. The Morgan fingerprint density at radius 2 is 1.94 bits per heavy atom. The van der Waals surface area contributed by atoms with Gasteiger partial charge in [-0.1, -0.05) is 19.1 Å². The minimum atomic E-state index is -0.584. The second kappa shape index (κ2) is 5.08. The lowest BCUT2D eigenvalue weighted by atomic mass is 10.2. The van der Waals surface area contributed by atoms with Crippen LogP contribution in [0, 0.1) is 11.8 Å². The van der Waals surface area contributed by atoms with Crippen molar-refractivity contribution in [1.29, 1.82) is 0 Å². The number of anilines is 1. The summed E-state index contributed by atoms with van der Waals surface area (Å²) in [5.41, 5.74) is 6.65. The Kier molecular flexibility index (Phi) is 3.50. The van der Waals surface area contributed by atoms with E-state index < -0.39 is 6.03 Å². The van der Waals surface area contributed by atoms with Crippen LogP contribution in [0.3, 0.4) is 0 Å². The second-order valence-electron chi connectivity index (χ2n) is 4.72. The van der Waals surface area contributed by atoms with Crippen LogP contribution >= 0.6 is 0 Å². The van der Waals surface area contributed by atoms with Gasteiger partial charge in [0.05, 0.1) is 0 Å². The van der Waals surface area contributed by atoms with Crippen molar-refractivity contribution in [2.24, 2.45) is 17.6 Å². The molecule has 5 nitrogen and oxygen atoms in total. The summed E-state index contributed by atoms with van der Waals surface area (Å²) in [6.45, 7) is 2.59. The predicted molar refractivity (Wildman–Crippen MR) is 68.8 cm³/mol. The molecule has 0 radical (unpaired) electrons. The quantitative estimate of drug-likeness (QED) is 0.752. The number of carbonyl (C=O) groups is 2. The lowest BCUT2D eigenvalue weighted by Gasteiger charge is -2.06. The summed E-state index contributed by atoms with van der Waals surface area (Å²) in [4.78, 5) is 22.3. The molecule has 1 aliphatic carbocycles. The standard InChI is InChI=1S/C13H17N3O2/c1-8-6-11(8)12(17)15-7-9-2-4-10(5-3-9)16-13(14)18/h2-5,8,11H,6-7H2,1H3,(H,15,17)(H3,14,16,18). The van der Waals surface area contributed by atoms with E-state index in [2.05, 4.69) is 17.6 Å². The SMILES string of the molecule is CC1CC1C(=O)NCc1ccc(NC(N)=O)cc1. The number of nitrogens with two attached hydrogens (primary N) is 1. The van der Waals surface area contributed by atoms with Crippen LogP contribution in [0.2, 0.25) is 0 Å². The molecule has 1 aliphatic rings. The monoisotopic (exact) mass is 247 g/mol. The highest BCUT2D eigenvalue weighted by molar-refractivity contribution is 5.87. The molecule has 2 rings (SSSR count). The summed E-state index contributed by atoms with van der Waals surface area (Å²) in [5.74, 6) is 0.842. The predicted octanol–water partition coefficient (Wildman–Crippen LogP) is 1.45. The van der Waals surface area contributed by atoms with Crippen molar-refractivity contribution in [3.63, 3.8) is 0 Å². The topological polar surface area (TPSA) is 84.2 Å². The van der Waals surface area contributed by atoms with E-state index in [-0.39, 0.29) is 11.8 Å². The van der Waals surface area contributed by atoms with Gasteiger partial charge < -0.3 is 16.4 Å². The number of urea groups is 1. The summed E-state index contributed by atoms with van der Waals surface area (Å²) >= 11 is 0. The number of primary amides is 1. The zero-order valence-corrected chi connectivity index (χ0v) is 10.3. The fourth-order valence-electron chi connectivity index (χ4n) is 1.86. The van der Waals surface area contributed by atoms with Crippen molar-refractivity contribution in [3.05, 3.63) is 29.8 Å². The molecule has 5 heteroatoms. The van der Waals surface area contributed by atoms with Gasteiger partial charge in [0.25, 0.3) is 0 Å². The highest BCUT2D eigenvalue weighted by atomic mass is 16.2. The van der Waals surface area contributed by atoms with Gasteiger partial charge in [0.1, 0.15) is 0 Å². The minimum Gasteiger partial charge on any atom is -0.352 e. The van der Waals surface area contributed by atoms with Gasteiger partial charge in [-0.25, -0.2) is 4.79 Å². The Labute approximate surface area is 106 Å². The molecule has 0 aromatic heterocycles. The van der Waals surface area contributed by atoms with Gasteiger partial charge in [0.2, 0.25) is 5.91 Å². The first-order valence-electron chi connectivity index (χ1n) is 5.99. The summed E-state index contributed by atoms with van der Waals surface area (Å²) in [7, 11) is 0. The van der Waals surface area contributed by atoms with E-state index in [1.165, 1.54) is 0 Å². The molecule has 0 aliphatic heterocycles. The molecule has 96 valence electrons. The van der Waals surface area contributed by atoms with Crippen molar-refractivity contribution >= 4 is 17.6 Å². The van der Waals surface area contributed by atoms with Crippen LogP contribution in [0.1, 0.15) is 18.9 Å². The summed E-state index contributed by atoms with van der Waals surface area (Å²) in [6, 6.07) is 6.63. The molecule has 0 spiro atoms. The van der Waals surface area contributed by atoms with Crippen LogP contribution < -0.4 is 16.4 Å². The van der Waals surface area contributed by atoms with E-state index in [0.717, 1.165) is 12.0 Å². The molecule has 0 saturated heterocycles. The Balaban J connectivity index is 1.82. The van der Waals surface area contributed by atoms with Gasteiger partial charge in [0, 0.05) is 18.2 Å². The summed E-state index contributed by atoms with van der Waals surface area (Å²) < 4.78 is 0. The number of hydrogen-bond acceptors (Lipinski definition) is 2. The smallest absolute Gasteiger partial charge is 0.316 e. The van der Waals surface area contributed by atoms with Crippen molar-refractivity contribution < 1.29 is 9.59 Å². The third kappa shape index (κ3) is 3.23. The van der Waals surface area contributed by atoms with Crippen LogP contribution in [-0.2, 0) is 11.3 Å². The Hall–Kier alpha value is -2.04. The summed E-state index contributed by atoms with van der Waals surface area (Å²) in [6.07, 6.45) is 0.993.